The number of rotatable bonds is 2. The zero-order valence-corrected chi connectivity index (χ0v) is 12.3. The Morgan fingerprint density at radius 1 is 1.33 bits per heavy atom. The second-order valence-corrected chi connectivity index (χ2v) is 5.78. The quantitative estimate of drug-likeness (QED) is 0.780. The van der Waals surface area contributed by atoms with E-state index in [1.807, 2.05) is 4.90 Å². The van der Waals surface area contributed by atoms with Crippen LogP contribution >= 0.6 is 23.2 Å². The van der Waals surface area contributed by atoms with Gasteiger partial charge in [0.2, 0.25) is 0 Å². The number of halogens is 2. The van der Waals surface area contributed by atoms with E-state index in [1.54, 1.807) is 12.1 Å². The molecule has 1 atom stereocenters. The maximum Gasteiger partial charge on any atom is 0.298 e. The molecule has 21 heavy (non-hydrogen) atoms. The molecule has 1 aliphatic heterocycles. The number of nitrogens with one attached hydrogen (secondary N) is 1. The Balaban J connectivity index is 1.64. The monoisotopic (exact) mass is 324 g/mol. The van der Waals surface area contributed by atoms with Gasteiger partial charge in [0.15, 0.2) is 11.4 Å². The van der Waals surface area contributed by atoms with Gasteiger partial charge in [-0.1, -0.05) is 28.4 Å². The molecule has 1 aliphatic rings. The van der Waals surface area contributed by atoms with Crippen LogP contribution in [0, 0.1) is 0 Å². The van der Waals surface area contributed by atoms with Crippen LogP contribution in [0.2, 0.25) is 10.0 Å². The van der Waals surface area contributed by atoms with Gasteiger partial charge >= 0.3 is 0 Å². The molecule has 0 spiro atoms. The summed E-state index contributed by atoms with van der Waals surface area (Å²) in [7, 11) is 0. The van der Waals surface area contributed by atoms with Crippen LogP contribution in [-0.2, 0) is 0 Å². The normalized spacial score (nSPS) is 18.8. The van der Waals surface area contributed by atoms with E-state index in [2.05, 4.69) is 25.6 Å². The minimum absolute atomic E-state index is 0.220. The van der Waals surface area contributed by atoms with Crippen molar-refractivity contribution < 1.29 is 4.42 Å². The summed E-state index contributed by atoms with van der Waals surface area (Å²) in [6.45, 7) is 1.55. The second kappa shape index (κ2) is 4.85. The van der Waals surface area contributed by atoms with E-state index in [9.17, 15) is 0 Å². The first-order chi connectivity index (χ1) is 10.2. The van der Waals surface area contributed by atoms with Crippen molar-refractivity contribution in [3.8, 4) is 0 Å². The third kappa shape index (κ3) is 2.22. The molecule has 108 valence electrons. The van der Waals surface area contributed by atoms with Crippen LogP contribution in [0.3, 0.4) is 0 Å². The van der Waals surface area contributed by atoms with Gasteiger partial charge in [0.05, 0.1) is 5.02 Å². The maximum absolute atomic E-state index is 6.12. The van der Waals surface area contributed by atoms with Gasteiger partial charge in [-0.2, -0.15) is 10.2 Å². The van der Waals surface area contributed by atoms with E-state index in [4.69, 9.17) is 27.6 Å². The molecule has 0 radical (unpaired) electrons. The molecule has 9 heteroatoms. The molecule has 1 aromatic carbocycles. The number of H-pyrrole nitrogens is 1. The molecule has 3 aromatic rings. The third-order valence-electron chi connectivity index (χ3n) is 3.58. The highest BCUT2D eigenvalue weighted by Crippen LogP contribution is 2.34. The Hall–Kier alpha value is -1.86. The van der Waals surface area contributed by atoms with Gasteiger partial charge in [0, 0.05) is 24.0 Å². The SMILES string of the molecule is Clc1cc(Cl)c2oc(N3CCC(c4nn[nH]n4)C3)nc2c1. The number of fused-ring (bicyclic) bond motifs is 1. The van der Waals surface area contributed by atoms with Crippen LogP contribution in [0.15, 0.2) is 16.5 Å². The number of aromatic nitrogens is 5. The summed E-state index contributed by atoms with van der Waals surface area (Å²) in [6, 6.07) is 3.93. The standard InChI is InChI=1S/C12H10Cl2N6O/c13-7-3-8(14)10-9(4-7)15-12(21-10)20-2-1-6(5-20)11-16-18-19-17-11/h3-4,6H,1-2,5H2,(H,16,17,18,19). The van der Waals surface area contributed by atoms with E-state index in [0.29, 0.717) is 27.2 Å². The topological polar surface area (TPSA) is 83.7 Å². The van der Waals surface area contributed by atoms with Gasteiger partial charge < -0.3 is 9.32 Å². The first-order valence-corrected chi connectivity index (χ1v) is 7.20. The molecule has 4 rings (SSSR count). The minimum atomic E-state index is 0.220. The highest BCUT2D eigenvalue weighted by atomic mass is 35.5. The van der Waals surface area contributed by atoms with E-state index >= 15 is 0 Å². The Morgan fingerprint density at radius 3 is 3.05 bits per heavy atom. The van der Waals surface area contributed by atoms with Gasteiger partial charge in [0.25, 0.3) is 6.01 Å². The molecule has 0 aliphatic carbocycles. The summed E-state index contributed by atoms with van der Waals surface area (Å²) in [6.07, 6.45) is 0.923. The van der Waals surface area contributed by atoms with Crippen molar-refractivity contribution in [2.45, 2.75) is 12.3 Å². The molecule has 3 heterocycles. The first-order valence-electron chi connectivity index (χ1n) is 6.44. The maximum atomic E-state index is 6.12. The lowest BCUT2D eigenvalue weighted by atomic mass is 10.1. The number of aromatic amines is 1. The van der Waals surface area contributed by atoms with Crippen LogP contribution < -0.4 is 4.90 Å². The van der Waals surface area contributed by atoms with Gasteiger partial charge in [-0.15, -0.1) is 10.2 Å². The largest absolute Gasteiger partial charge is 0.422 e. The number of hydrogen-bond donors (Lipinski definition) is 1. The van der Waals surface area contributed by atoms with Crippen LogP contribution in [0.25, 0.3) is 11.1 Å². The molecule has 0 amide bonds. The van der Waals surface area contributed by atoms with Crippen LogP contribution in [0.1, 0.15) is 18.2 Å². The Labute approximate surface area is 129 Å². The van der Waals surface area contributed by atoms with Crippen molar-refractivity contribution in [3.05, 3.63) is 28.0 Å². The van der Waals surface area contributed by atoms with Crippen molar-refractivity contribution in [1.29, 1.82) is 0 Å². The average Bonchev–Trinajstić information content (AvgIpc) is 3.18. The summed E-state index contributed by atoms with van der Waals surface area (Å²) in [5, 5.41) is 15.1. The average molecular weight is 325 g/mol. The number of nitrogens with zero attached hydrogens (tertiary/aromatic N) is 5. The van der Waals surface area contributed by atoms with Gasteiger partial charge in [-0.3, -0.25) is 0 Å². The van der Waals surface area contributed by atoms with Crippen LogP contribution in [0.5, 0.6) is 0 Å². The molecular formula is C12H10Cl2N6O. The summed E-state index contributed by atoms with van der Waals surface area (Å²) >= 11 is 12.1. The molecular weight excluding hydrogens is 315 g/mol. The Morgan fingerprint density at radius 2 is 2.24 bits per heavy atom. The summed E-state index contributed by atoms with van der Waals surface area (Å²) in [4.78, 5) is 6.51. The third-order valence-corrected chi connectivity index (χ3v) is 4.08. The molecule has 1 N–H and O–H groups in total. The van der Waals surface area contributed by atoms with Crippen molar-refractivity contribution >= 4 is 40.3 Å². The summed E-state index contributed by atoms with van der Waals surface area (Å²) in [5.74, 6) is 0.938. The zero-order chi connectivity index (χ0) is 14.4. The number of oxazole rings is 1. The molecule has 1 saturated heterocycles. The smallest absolute Gasteiger partial charge is 0.298 e. The zero-order valence-electron chi connectivity index (χ0n) is 10.8. The fraction of sp³-hybridized carbons (Fsp3) is 0.333. The van der Waals surface area contributed by atoms with Crippen LogP contribution in [-0.4, -0.2) is 38.7 Å². The van der Waals surface area contributed by atoms with E-state index in [-0.39, 0.29) is 5.92 Å². The van der Waals surface area contributed by atoms with Gasteiger partial charge in [-0.25, -0.2) is 0 Å². The lowest BCUT2D eigenvalue weighted by Gasteiger charge is -2.11. The predicted octanol–water partition coefficient (Wildman–Crippen LogP) is 2.64. The van der Waals surface area contributed by atoms with Crippen molar-refractivity contribution in [3.63, 3.8) is 0 Å². The van der Waals surface area contributed by atoms with E-state index in [0.717, 1.165) is 25.3 Å². The molecule has 1 fully saturated rings. The van der Waals surface area contributed by atoms with Gasteiger partial charge in [0.1, 0.15) is 5.52 Å². The molecule has 1 unspecified atom stereocenters. The fourth-order valence-corrected chi connectivity index (χ4v) is 3.09. The Bertz CT molecular complexity index is 787. The fourth-order valence-electron chi connectivity index (χ4n) is 2.57. The van der Waals surface area contributed by atoms with Crippen LogP contribution in [0.4, 0.5) is 6.01 Å². The molecule has 0 saturated carbocycles. The van der Waals surface area contributed by atoms with Gasteiger partial charge in [-0.05, 0) is 18.6 Å². The minimum Gasteiger partial charge on any atom is -0.422 e. The molecule has 7 nitrogen and oxygen atoms in total. The number of anilines is 1. The summed E-state index contributed by atoms with van der Waals surface area (Å²) in [5.41, 5.74) is 1.21. The highest BCUT2D eigenvalue weighted by molar-refractivity contribution is 6.38. The lowest BCUT2D eigenvalue weighted by Crippen LogP contribution is -2.19. The van der Waals surface area contributed by atoms with E-state index in [1.165, 1.54) is 0 Å². The first kappa shape index (κ1) is 12.8. The molecule has 2 aromatic heterocycles. The number of benzene rings is 1. The summed E-state index contributed by atoms with van der Waals surface area (Å²) < 4.78 is 5.76. The van der Waals surface area contributed by atoms with Crippen molar-refractivity contribution in [2.24, 2.45) is 0 Å². The van der Waals surface area contributed by atoms with Crippen molar-refractivity contribution in [2.75, 3.05) is 18.0 Å². The van der Waals surface area contributed by atoms with Crippen molar-refractivity contribution in [1.82, 2.24) is 25.6 Å². The molecule has 0 bridgehead atoms. The lowest BCUT2D eigenvalue weighted by molar-refractivity contribution is 0.583. The predicted molar refractivity (Wildman–Crippen MR) is 77.8 cm³/mol. The number of hydrogen-bond acceptors (Lipinski definition) is 6. The second-order valence-electron chi connectivity index (χ2n) is 4.93. The highest BCUT2D eigenvalue weighted by Gasteiger charge is 2.29. The Kier molecular flexibility index (Phi) is 2.97. The number of tetrazole rings is 1. The van der Waals surface area contributed by atoms with E-state index < -0.39 is 0 Å².